The minimum Gasteiger partial charge on any atom is -0.444 e. The molecule has 0 saturated heterocycles. The average molecular weight is 289 g/mol. The van der Waals surface area contributed by atoms with Gasteiger partial charge in [0, 0.05) is 18.8 Å². The number of non-ortho nitro benzene ring substituents is 1. The molecule has 1 unspecified atom stereocenters. The van der Waals surface area contributed by atoms with Gasteiger partial charge in [0.2, 0.25) is 6.49 Å². The van der Waals surface area contributed by atoms with E-state index in [2.05, 4.69) is 0 Å². The molecule has 100 valence electrons. The molecule has 0 aliphatic carbocycles. The van der Waals surface area contributed by atoms with Crippen LogP contribution in [-0.4, -0.2) is 17.7 Å². The van der Waals surface area contributed by atoms with Crippen molar-refractivity contribution in [2.75, 3.05) is 6.66 Å². The Hall–Kier alpha value is -0.970. The highest BCUT2D eigenvalue weighted by atomic mass is 32.5. The molecule has 0 radical (unpaired) electrons. The Balaban J connectivity index is 2.72. The Labute approximate surface area is 111 Å². The Morgan fingerprint density at radius 1 is 1.44 bits per heavy atom. The molecule has 0 amide bonds. The molecule has 0 saturated carbocycles. The molecular formula is C11H16NO4PS. The largest absolute Gasteiger partial charge is 0.444 e. The van der Waals surface area contributed by atoms with Crippen molar-refractivity contribution in [1.82, 2.24) is 0 Å². The van der Waals surface area contributed by atoms with Gasteiger partial charge in [0.25, 0.3) is 5.69 Å². The van der Waals surface area contributed by atoms with Crippen LogP contribution in [-0.2, 0) is 16.3 Å². The fourth-order valence-electron chi connectivity index (χ4n) is 1.24. The standard InChI is InChI=1S/C11H16NO4PS/c1-4-9(2)15-17(3,18)16-11-7-5-10(6-8-11)12(13)14/h5-9H,4H2,1-3H3/t9-,17?/m1/s1. The summed E-state index contributed by atoms with van der Waals surface area (Å²) in [5.74, 6) is 0.495. The lowest BCUT2D eigenvalue weighted by molar-refractivity contribution is -0.384. The summed E-state index contributed by atoms with van der Waals surface area (Å²) in [6.07, 6.45) is 0.898. The van der Waals surface area contributed by atoms with Gasteiger partial charge in [0.1, 0.15) is 5.75 Å². The lowest BCUT2D eigenvalue weighted by atomic mass is 10.3. The maximum atomic E-state index is 10.5. The van der Waals surface area contributed by atoms with Crippen LogP contribution in [0.1, 0.15) is 20.3 Å². The van der Waals surface area contributed by atoms with Gasteiger partial charge in [0.15, 0.2) is 0 Å². The van der Waals surface area contributed by atoms with E-state index in [0.29, 0.717) is 5.75 Å². The summed E-state index contributed by atoms with van der Waals surface area (Å²) >= 11 is 5.29. The van der Waals surface area contributed by atoms with Gasteiger partial charge in [-0.2, -0.15) is 0 Å². The van der Waals surface area contributed by atoms with Gasteiger partial charge in [-0.1, -0.05) is 6.92 Å². The first-order chi connectivity index (χ1) is 8.34. The number of nitrogens with zero attached hydrogens (tertiary/aromatic N) is 1. The Morgan fingerprint density at radius 2 is 2.00 bits per heavy atom. The van der Waals surface area contributed by atoms with Crippen molar-refractivity contribution in [2.45, 2.75) is 26.4 Å². The van der Waals surface area contributed by atoms with Gasteiger partial charge in [-0.25, -0.2) is 0 Å². The average Bonchev–Trinajstić information content (AvgIpc) is 2.28. The molecule has 1 aromatic carbocycles. The molecule has 0 N–H and O–H groups in total. The summed E-state index contributed by atoms with van der Waals surface area (Å²) in [4.78, 5) is 10.1. The molecule has 2 atom stereocenters. The number of rotatable bonds is 6. The van der Waals surface area contributed by atoms with Gasteiger partial charge in [-0.3, -0.25) is 10.1 Å². The quantitative estimate of drug-likeness (QED) is 0.453. The van der Waals surface area contributed by atoms with Gasteiger partial charge < -0.3 is 9.05 Å². The van der Waals surface area contributed by atoms with Crippen molar-refractivity contribution in [3.05, 3.63) is 34.4 Å². The summed E-state index contributed by atoms with van der Waals surface area (Å²) in [5, 5.41) is 10.5. The smallest absolute Gasteiger partial charge is 0.269 e. The zero-order chi connectivity index (χ0) is 13.8. The second-order valence-corrected chi connectivity index (χ2v) is 7.86. The van der Waals surface area contributed by atoms with Crippen LogP contribution in [0.25, 0.3) is 0 Å². The van der Waals surface area contributed by atoms with Crippen molar-refractivity contribution < 1.29 is 14.0 Å². The molecule has 0 aromatic heterocycles. The minimum absolute atomic E-state index is 0.0228. The van der Waals surface area contributed by atoms with Gasteiger partial charge in [-0.15, -0.1) is 0 Å². The molecule has 0 bridgehead atoms. The van der Waals surface area contributed by atoms with E-state index in [1.54, 1.807) is 6.66 Å². The summed E-state index contributed by atoms with van der Waals surface area (Å²) in [6.45, 7) is 3.32. The van der Waals surface area contributed by atoms with E-state index < -0.39 is 11.4 Å². The molecule has 18 heavy (non-hydrogen) atoms. The first-order valence-electron chi connectivity index (χ1n) is 5.54. The first kappa shape index (κ1) is 15.1. The van der Waals surface area contributed by atoms with Crippen LogP contribution in [0.5, 0.6) is 5.75 Å². The summed E-state index contributed by atoms with van der Waals surface area (Å²) in [6, 6.07) is 5.83. The number of nitro groups is 1. The molecule has 5 nitrogen and oxygen atoms in total. The highest BCUT2D eigenvalue weighted by Gasteiger charge is 2.17. The number of hydrogen-bond acceptors (Lipinski definition) is 5. The summed E-state index contributed by atoms with van der Waals surface area (Å²) < 4.78 is 11.2. The van der Waals surface area contributed by atoms with E-state index in [9.17, 15) is 10.1 Å². The third-order valence-electron chi connectivity index (χ3n) is 2.27. The SMILES string of the molecule is CC[C@@H](C)OP(C)(=S)Oc1ccc([N+](=O)[O-])cc1. The molecule has 0 aliphatic rings. The third-order valence-corrected chi connectivity index (χ3v) is 4.03. The molecule has 7 heteroatoms. The Morgan fingerprint density at radius 3 is 2.44 bits per heavy atom. The second kappa shape index (κ2) is 6.27. The maximum absolute atomic E-state index is 10.5. The predicted molar refractivity (Wildman–Crippen MR) is 74.8 cm³/mol. The highest BCUT2D eigenvalue weighted by Crippen LogP contribution is 2.46. The van der Waals surface area contributed by atoms with Crippen molar-refractivity contribution in [3.63, 3.8) is 0 Å². The molecular weight excluding hydrogens is 273 g/mol. The van der Waals surface area contributed by atoms with E-state index in [1.807, 2.05) is 13.8 Å². The number of nitro benzene ring substituents is 1. The molecule has 1 rings (SSSR count). The molecule has 0 aliphatic heterocycles. The van der Waals surface area contributed by atoms with E-state index in [4.69, 9.17) is 20.9 Å². The first-order valence-corrected chi connectivity index (χ1v) is 8.62. The van der Waals surface area contributed by atoms with E-state index in [-0.39, 0.29) is 11.8 Å². The van der Waals surface area contributed by atoms with Crippen molar-refractivity contribution in [1.29, 1.82) is 0 Å². The lowest BCUT2D eigenvalue weighted by Crippen LogP contribution is -2.06. The minimum atomic E-state index is -2.36. The maximum Gasteiger partial charge on any atom is 0.269 e. The van der Waals surface area contributed by atoms with Gasteiger partial charge in [-0.05, 0) is 37.3 Å². The fraction of sp³-hybridized carbons (Fsp3) is 0.455. The highest BCUT2D eigenvalue weighted by molar-refractivity contribution is 8.09. The van der Waals surface area contributed by atoms with Crippen LogP contribution < -0.4 is 4.52 Å². The molecule has 1 aromatic rings. The molecule has 0 heterocycles. The zero-order valence-corrected chi connectivity index (χ0v) is 12.2. The van der Waals surface area contributed by atoms with Crippen LogP contribution in [0, 0.1) is 10.1 Å². The van der Waals surface area contributed by atoms with Crippen LogP contribution in [0.4, 0.5) is 5.69 Å². The van der Waals surface area contributed by atoms with Gasteiger partial charge >= 0.3 is 0 Å². The van der Waals surface area contributed by atoms with Crippen molar-refractivity contribution >= 4 is 24.0 Å². The molecule has 0 spiro atoms. The zero-order valence-electron chi connectivity index (χ0n) is 10.5. The van der Waals surface area contributed by atoms with Gasteiger partial charge in [0.05, 0.1) is 11.0 Å². The van der Waals surface area contributed by atoms with E-state index >= 15 is 0 Å². The van der Waals surface area contributed by atoms with Crippen LogP contribution >= 0.6 is 6.49 Å². The van der Waals surface area contributed by atoms with E-state index in [0.717, 1.165) is 6.42 Å². The normalized spacial score (nSPS) is 15.7. The van der Waals surface area contributed by atoms with Crippen LogP contribution in [0.15, 0.2) is 24.3 Å². The topological polar surface area (TPSA) is 61.6 Å². The Kier molecular flexibility index (Phi) is 5.26. The molecule has 0 fully saturated rings. The fourth-order valence-corrected chi connectivity index (χ4v) is 3.29. The summed E-state index contributed by atoms with van der Waals surface area (Å²) in [5.41, 5.74) is 0.0228. The Bertz CT molecular complexity index is 463. The second-order valence-electron chi connectivity index (χ2n) is 3.94. The monoisotopic (exact) mass is 289 g/mol. The van der Waals surface area contributed by atoms with Crippen molar-refractivity contribution in [2.24, 2.45) is 0 Å². The van der Waals surface area contributed by atoms with Crippen molar-refractivity contribution in [3.8, 4) is 5.75 Å². The van der Waals surface area contributed by atoms with E-state index in [1.165, 1.54) is 24.3 Å². The van der Waals surface area contributed by atoms with Crippen LogP contribution in [0.3, 0.4) is 0 Å². The number of benzene rings is 1. The third kappa shape index (κ3) is 4.72. The number of hydrogen-bond donors (Lipinski definition) is 0. The van der Waals surface area contributed by atoms with Crippen LogP contribution in [0.2, 0.25) is 0 Å². The predicted octanol–water partition coefficient (Wildman–Crippen LogP) is 3.73. The lowest BCUT2D eigenvalue weighted by Gasteiger charge is -2.22. The summed E-state index contributed by atoms with van der Waals surface area (Å²) in [7, 11) is 0.